The molecule has 2 fully saturated rings. The van der Waals surface area contributed by atoms with Crippen LogP contribution in [0.2, 0.25) is 0 Å². The van der Waals surface area contributed by atoms with Crippen molar-refractivity contribution in [1.29, 1.82) is 0 Å². The molecule has 5 nitrogen and oxygen atoms in total. The first-order valence-corrected chi connectivity index (χ1v) is 8.46. The normalized spacial score (nSPS) is 28.5. The van der Waals surface area contributed by atoms with Gasteiger partial charge in [0.15, 0.2) is 0 Å². The SMILES string of the molecule is COCCCNC(=O)C(C)N1CCCC(C2CCCN2)C1. The van der Waals surface area contributed by atoms with E-state index in [-0.39, 0.29) is 11.9 Å². The molecule has 0 spiro atoms. The van der Waals surface area contributed by atoms with E-state index >= 15 is 0 Å². The van der Waals surface area contributed by atoms with E-state index < -0.39 is 0 Å². The van der Waals surface area contributed by atoms with Gasteiger partial charge in [-0.1, -0.05) is 0 Å². The van der Waals surface area contributed by atoms with Gasteiger partial charge in [-0.2, -0.15) is 0 Å². The molecule has 3 unspecified atom stereocenters. The number of methoxy groups -OCH3 is 1. The van der Waals surface area contributed by atoms with Gasteiger partial charge in [-0.15, -0.1) is 0 Å². The molecule has 2 aliphatic heterocycles. The summed E-state index contributed by atoms with van der Waals surface area (Å²) < 4.78 is 5.00. The Morgan fingerprint density at radius 2 is 2.29 bits per heavy atom. The van der Waals surface area contributed by atoms with Crippen LogP contribution < -0.4 is 10.6 Å². The summed E-state index contributed by atoms with van der Waals surface area (Å²) in [6, 6.07) is 0.654. The van der Waals surface area contributed by atoms with Crippen LogP contribution in [0.1, 0.15) is 39.0 Å². The van der Waals surface area contributed by atoms with Gasteiger partial charge in [0.25, 0.3) is 0 Å². The molecule has 5 heteroatoms. The third-order valence-electron chi connectivity index (χ3n) is 4.91. The van der Waals surface area contributed by atoms with Crippen LogP contribution in [-0.2, 0) is 9.53 Å². The van der Waals surface area contributed by atoms with Crippen LogP contribution in [0.25, 0.3) is 0 Å². The molecule has 2 N–H and O–H groups in total. The predicted octanol–water partition coefficient (Wildman–Crippen LogP) is 0.992. The molecule has 122 valence electrons. The lowest BCUT2D eigenvalue weighted by Gasteiger charge is -2.38. The molecule has 2 aliphatic rings. The standard InChI is InChI=1S/C16H31N3O2/c1-13(16(20)18-9-5-11-21-2)19-10-4-6-14(12-19)15-7-3-8-17-15/h13-15,17H,3-12H2,1-2H3,(H,18,20). The minimum Gasteiger partial charge on any atom is -0.385 e. The highest BCUT2D eigenvalue weighted by molar-refractivity contribution is 5.81. The predicted molar refractivity (Wildman–Crippen MR) is 84.3 cm³/mol. The Hall–Kier alpha value is -0.650. The summed E-state index contributed by atoms with van der Waals surface area (Å²) in [5.41, 5.74) is 0. The lowest BCUT2D eigenvalue weighted by molar-refractivity contribution is -0.126. The summed E-state index contributed by atoms with van der Waals surface area (Å²) in [5.74, 6) is 0.871. The van der Waals surface area contributed by atoms with E-state index in [2.05, 4.69) is 15.5 Å². The zero-order chi connectivity index (χ0) is 15.1. The van der Waals surface area contributed by atoms with Crippen molar-refractivity contribution in [3.8, 4) is 0 Å². The van der Waals surface area contributed by atoms with Crippen LogP contribution in [0, 0.1) is 5.92 Å². The second-order valence-electron chi connectivity index (χ2n) is 6.41. The summed E-state index contributed by atoms with van der Waals surface area (Å²) in [6.45, 7) is 6.72. The average molecular weight is 297 g/mol. The molecule has 2 heterocycles. The van der Waals surface area contributed by atoms with Gasteiger partial charge in [0, 0.05) is 32.8 Å². The Bertz CT molecular complexity index is 319. The smallest absolute Gasteiger partial charge is 0.237 e. The Balaban J connectivity index is 1.75. The molecule has 1 amide bonds. The molecular formula is C16H31N3O2. The number of carbonyl (C=O) groups is 1. The van der Waals surface area contributed by atoms with E-state index in [0.29, 0.717) is 25.1 Å². The number of nitrogens with one attached hydrogen (secondary N) is 2. The molecule has 0 aromatic rings. The monoisotopic (exact) mass is 297 g/mol. The molecule has 21 heavy (non-hydrogen) atoms. The summed E-state index contributed by atoms with van der Waals surface area (Å²) in [4.78, 5) is 14.6. The van der Waals surface area contributed by atoms with Gasteiger partial charge in [0.1, 0.15) is 0 Å². The van der Waals surface area contributed by atoms with E-state index in [1.165, 1.54) is 25.7 Å². The first kappa shape index (κ1) is 16.7. The summed E-state index contributed by atoms with van der Waals surface area (Å²) in [6.07, 6.45) is 6.00. The van der Waals surface area contributed by atoms with Crippen LogP contribution in [0.15, 0.2) is 0 Å². The minimum absolute atomic E-state index is 0.0169. The Labute approximate surface area is 128 Å². The van der Waals surface area contributed by atoms with E-state index in [1.807, 2.05) is 6.92 Å². The molecule has 3 atom stereocenters. The molecule has 0 bridgehead atoms. The number of likely N-dealkylation sites (tertiary alicyclic amines) is 1. The summed E-state index contributed by atoms with van der Waals surface area (Å²) in [7, 11) is 1.69. The highest BCUT2D eigenvalue weighted by Crippen LogP contribution is 2.25. The maximum Gasteiger partial charge on any atom is 0.237 e. The zero-order valence-electron chi connectivity index (χ0n) is 13.6. The highest BCUT2D eigenvalue weighted by atomic mass is 16.5. The van der Waals surface area contributed by atoms with E-state index in [9.17, 15) is 4.79 Å². The quantitative estimate of drug-likeness (QED) is 0.688. The van der Waals surface area contributed by atoms with Gasteiger partial charge in [-0.25, -0.2) is 0 Å². The fourth-order valence-corrected chi connectivity index (χ4v) is 3.58. The van der Waals surface area contributed by atoms with Crippen molar-refractivity contribution in [2.75, 3.05) is 39.9 Å². The van der Waals surface area contributed by atoms with Crippen molar-refractivity contribution in [2.45, 2.75) is 51.1 Å². The number of carbonyl (C=O) groups excluding carboxylic acids is 1. The second kappa shape index (κ2) is 8.71. The number of ether oxygens (including phenoxy) is 1. The minimum atomic E-state index is -0.0169. The van der Waals surface area contributed by atoms with Crippen LogP contribution in [0.4, 0.5) is 0 Å². The lowest BCUT2D eigenvalue weighted by atomic mass is 9.89. The van der Waals surface area contributed by atoms with E-state index in [1.54, 1.807) is 7.11 Å². The number of hydrogen-bond acceptors (Lipinski definition) is 4. The summed E-state index contributed by atoms with van der Waals surface area (Å²) >= 11 is 0. The average Bonchev–Trinajstić information content (AvgIpc) is 3.05. The molecule has 2 saturated heterocycles. The number of hydrogen-bond donors (Lipinski definition) is 2. The first-order chi connectivity index (χ1) is 10.2. The number of piperidine rings is 1. The number of rotatable bonds is 7. The van der Waals surface area contributed by atoms with Crippen molar-refractivity contribution in [3.63, 3.8) is 0 Å². The Morgan fingerprint density at radius 3 is 3.00 bits per heavy atom. The van der Waals surface area contributed by atoms with Gasteiger partial charge < -0.3 is 15.4 Å². The molecule has 0 radical (unpaired) electrons. The van der Waals surface area contributed by atoms with Crippen molar-refractivity contribution >= 4 is 5.91 Å². The fraction of sp³-hybridized carbons (Fsp3) is 0.938. The van der Waals surface area contributed by atoms with Gasteiger partial charge in [0.05, 0.1) is 6.04 Å². The zero-order valence-corrected chi connectivity index (χ0v) is 13.6. The van der Waals surface area contributed by atoms with E-state index in [4.69, 9.17) is 4.74 Å². The summed E-state index contributed by atoms with van der Waals surface area (Å²) in [5, 5.41) is 6.64. The number of nitrogens with zero attached hydrogens (tertiary/aromatic N) is 1. The fourth-order valence-electron chi connectivity index (χ4n) is 3.58. The second-order valence-corrected chi connectivity index (χ2v) is 6.41. The third-order valence-corrected chi connectivity index (χ3v) is 4.91. The van der Waals surface area contributed by atoms with Crippen molar-refractivity contribution in [2.24, 2.45) is 5.92 Å². The molecular weight excluding hydrogens is 266 g/mol. The maximum atomic E-state index is 12.2. The molecule has 0 saturated carbocycles. The van der Waals surface area contributed by atoms with Gasteiger partial charge in [0.2, 0.25) is 5.91 Å². The maximum absolute atomic E-state index is 12.2. The Kier molecular flexibility index (Phi) is 6.93. The number of amides is 1. The van der Waals surface area contributed by atoms with Crippen LogP contribution in [-0.4, -0.2) is 62.8 Å². The Morgan fingerprint density at radius 1 is 1.43 bits per heavy atom. The largest absolute Gasteiger partial charge is 0.385 e. The topological polar surface area (TPSA) is 53.6 Å². The van der Waals surface area contributed by atoms with Gasteiger partial charge in [-0.3, -0.25) is 9.69 Å². The lowest BCUT2D eigenvalue weighted by Crippen LogP contribution is -2.51. The van der Waals surface area contributed by atoms with Crippen LogP contribution in [0.5, 0.6) is 0 Å². The van der Waals surface area contributed by atoms with Crippen LogP contribution in [0.3, 0.4) is 0 Å². The molecule has 0 aliphatic carbocycles. The molecule has 0 aromatic heterocycles. The van der Waals surface area contributed by atoms with E-state index in [0.717, 1.165) is 26.1 Å². The molecule has 2 rings (SSSR count). The first-order valence-electron chi connectivity index (χ1n) is 8.46. The third kappa shape index (κ3) is 4.94. The highest BCUT2D eigenvalue weighted by Gasteiger charge is 2.32. The van der Waals surface area contributed by atoms with Crippen molar-refractivity contribution in [1.82, 2.24) is 15.5 Å². The molecule has 0 aromatic carbocycles. The van der Waals surface area contributed by atoms with Gasteiger partial charge in [-0.05, 0) is 58.0 Å². The van der Waals surface area contributed by atoms with Crippen molar-refractivity contribution in [3.05, 3.63) is 0 Å². The van der Waals surface area contributed by atoms with Crippen molar-refractivity contribution < 1.29 is 9.53 Å². The van der Waals surface area contributed by atoms with Gasteiger partial charge >= 0.3 is 0 Å². The van der Waals surface area contributed by atoms with Crippen LogP contribution >= 0.6 is 0 Å².